The first kappa shape index (κ1) is 9.74. The van der Waals surface area contributed by atoms with Crippen molar-refractivity contribution in [3.8, 4) is 0 Å². The highest BCUT2D eigenvalue weighted by Gasteiger charge is 2.05. The van der Waals surface area contributed by atoms with E-state index in [2.05, 4.69) is 13.8 Å². The van der Waals surface area contributed by atoms with Gasteiger partial charge < -0.3 is 0 Å². The number of nitrogens with one attached hydrogen (secondary N) is 1. The predicted octanol–water partition coefficient (Wildman–Crippen LogP) is 1.93. The van der Waals surface area contributed by atoms with E-state index < -0.39 is 5.91 Å². The van der Waals surface area contributed by atoms with Crippen LogP contribution < -0.4 is 5.48 Å². The lowest BCUT2D eigenvalue weighted by molar-refractivity contribution is 0.0706. The summed E-state index contributed by atoms with van der Waals surface area (Å²) in [6.07, 6.45) is 0. The van der Waals surface area contributed by atoms with E-state index in [-0.39, 0.29) is 0 Å². The molecule has 0 radical (unpaired) electrons. The molecule has 70 valence electrons. The number of amides is 1. The Morgan fingerprint density at radius 2 is 2.15 bits per heavy atom. The maximum absolute atomic E-state index is 11.0. The van der Waals surface area contributed by atoms with E-state index in [0.29, 0.717) is 11.5 Å². The number of hydroxylamine groups is 1. The zero-order valence-electron chi connectivity index (χ0n) is 7.74. The van der Waals surface area contributed by atoms with Crippen LogP contribution in [0.15, 0.2) is 24.3 Å². The molecular formula is C10H13NO2. The Bertz CT molecular complexity index is 308. The summed E-state index contributed by atoms with van der Waals surface area (Å²) in [5, 5.41) is 8.42. The number of benzene rings is 1. The van der Waals surface area contributed by atoms with Crippen LogP contribution in [-0.4, -0.2) is 11.1 Å². The SMILES string of the molecule is CC(C)c1cccc(C(=O)NO)c1. The van der Waals surface area contributed by atoms with Crippen molar-refractivity contribution in [2.24, 2.45) is 0 Å². The molecule has 0 fully saturated rings. The van der Waals surface area contributed by atoms with Crippen LogP contribution in [0.2, 0.25) is 0 Å². The molecule has 0 aliphatic carbocycles. The summed E-state index contributed by atoms with van der Waals surface area (Å²) >= 11 is 0. The molecule has 1 aromatic carbocycles. The van der Waals surface area contributed by atoms with Crippen molar-refractivity contribution in [2.75, 3.05) is 0 Å². The molecule has 1 aromatic rings. The summed E-state index contributed by atoms with van der Waals surface area (Å²) in [6.45, 7) is 4.10. The number of carbonyl (C=O) groups is 1. The van der Waals surface area contributed by atoms with Gasteiger partial charge in [-0.25, -0.2) is 5.48 Å². The van der Waals surface area contributed by atoms with Gasteiger partial charge in [0.2, 0.25) is 0 Å². The van der Waals surface area contributed by atoms with Crippen molar-refractivity contribution < 1.29 is 10.0 Å². The van der Waals surface area contributed by atoms with Crippen LogP contribution in [0.3, 0.4) is 0 Å². The topological polar surface area (TPSA) is 49.3 Å². The molecule has 0 atom stereocenters. The zero-order valence-corrected chi connectivity index (χ0v) is 7.74. The normalized spacial score (nSPS) is 10.2. The highest BCUT2D eigenvalue weighted by atomic mass is 16.5. The second-order valence-corrected chi connectivity index (χ2v) is 3.22. The summed E-state index contributed by atoms with van der Waals surface area (Å²) < 4.78 is 0. The lowest BCUT2D eigenvalue weighted by Gasteiger charge is -2.06. The quantitative estimate of drug-likeness (QED) is 0.538. The van der Waals surface area contributed by atoms with E-state index in [9.17, 15) is 4.79 Å². The number of rotatable bonds is 2. The van der Waals surface area contributed by atoms with Crippen molar-refractivity contribution in [3.63, 3.8) is 0 Å². The predicted molar refractivity (Wildman–Crippen MR) is 49.8 cm³/mol. The average Bonchev–Trinajstić information content (AvgIpc) is 2.17. The fourth-order valence-corrected chi connectivity index (χ4v) is 1.10. The molecule has 0 saturated carbocycles. The summed E-state index contributed by atoms with van der Waals surface area (Å²) in [6, 6.07) is 7.20. The first-order valence-electron chi connectivity index (χ1n) is 4.19. The molecule has 0 heterocycles. The van der Waals surface area contributed by atoms with E-state index in [1.807, 2.05) is 6.07 Å². The minimum atomic E-state index is -0.470. The third-order valence-corrected chi connectivity index (χ3v) is 1.92. The Morgan fingerprint density at radius 1 is 1.46 bits per heavy atom. The Balaban J connectivity index is 2.98. The van der Waals surface area contributed by atoms with Crippen molar-refractivity contribution in [3.05, 3.63) is 35.4 Å². The van der Waals surface area contributed by atoms with Gasteiger partial charge >= 0.3 is 0 Å². The van der Waals surface area contributed by atoms with Crippen LogP contribution in [0.1, 0.15) is 35.7 Å². The van der Waals surface area contributed by atoms with E-state index in [0.717, 1.165) is 5.56 Å². The first-order chi connectivity index (χ1) is 6.15. The Kier molecular flexibility index (Phi) is 3.03. The van der Waals surface area contributed by atoms with Crippen LogP contribution in [0.5, 0.6) is 0 Å². The molecule has 3 heteroatoms. The molecule has 0 aliphatic rings. The monoisotopic (exact) mass is 179 g/mol. The van der Waals surface area contributed by atoms with Gasteiger partial charge in [0.05, 0.1) is 0 Å². The van der Waals surface area contributed by atoms with Crippen molar-refractivity contribution >= 4 is 5.91 Å². The lowest BCUT2D eigenvalue weighted by Crippen LogP contribution is -2.18. The van der Waals surface area contributed by atoms with Gasteiger partial charge in [-0.15, -0.1) is 0 Å². The van der Waals surface area contributed by atoms with Crippen molar-refractivity contribution in [1.82, 2.24) is 5.48 Å². The third-order valence-electron chi connectivity index (χ3n) is 1.92. The Labute approximate surface area is 77.4 Å². The maximum Gasteiger partial charge on any atom is 0.274 e. The van der Waals surface area contributed by atoms with Gasteiger partial charge in [0.15, 0.2) is 0 Å². The van der Waals surface area contributed by atoms with E-state index in [1.165, 1.54) is 0 Å². The van der Waals surface area contributed by atoms with E-state index >= 15 is 0 Å². The van der Waals surface area contributed by atoms with Gasteiger partial charge in [-0.05, 0) is 23.6 Å². The molecule has 13 heavy (non-hydrogen) atoms. The molecule has 0 aromatic heterocycles. The molecule has 0 bridgehead atoms. The molecule has 0 aliphatic heterocycles. The first-order valence-corrected chi connectivity index (χ1v) is 4.19. The third kappa shape index (κ3) is 2.29. The highest BCUT2D eigenvalue weighted by molar-refractivity contribution is 5.93. The summed E-state index contributed by atoms with van der Waals surface area (Å²) in [7, 11) is 0. The lowest BCUT2D eigenvalue weighted by atomic mass is 10.0. The second kappa shape index (κ2) is 4.05. The van der Waals surface area contributed by atoms with Crippen LogP contribution in [-0.2, 0) is 0 Å². The molecule has 1 amide bonds. The van der Waals surface area contributed by atoms with Gasteiger partial charge in [0.1, 0.15) is 0 Å². The summed E-state index contributed by atoms with van der Waals surface area (Å²) in [5.41, 5.74) is 3.17. The minimum Gasteiger partial charge on any atom is -0.288 e. The van der Waals surface area contributed by atoms with E-state index in [4.69, 9.17) is 5.21 Å². The van der Waals surface area contributed by atoms with Crippen LogP contribution in [0.25, 0.3) is 0 Å². The van der Waals surface area contributed by atoms with Gasteiger partial charge in [-0.3, -0.25) is 10.0 Å². The standard InChI is InChI=1S/C10H13NO2/c1-7(2)8-4-3-5-9(6-8)10(12)11-13/h3-7,13H,1-2H3,(H,11,12). The Morgan fingerprint density at radius 3 is 2.69 bits per heavy atom. The van der Waals surface area contributed by atoms with Crippen molar-refractivity contribution in [2.45, 2.75) is 19.8 Å². The van der Waals surface area contributed by atoms with Crippen LogP contribution in [0.4, 0.5) is 0 Å². The van der Waals surface area contributed by atoms with Crippen molar-refractivity contribution in [1.29, 1.82) is 0 Å². The molecule has 0 unspecified atom stereocenters. The smallest absolute Gasteiger partial charge is 0.274 e. The fourth-order valence-electron chi connectivity index (χ4n) is 1.10. The number of carbonyl (C=O) groups excluding carboxylic acids is 1. The van der Waals surface area contributed by atoms with Gasteiger partial charge in [-0.2, -0.15) is 0 Å². The molecule has 1 rings (SSSR count). The molecular weight excluding hydrogens is 166 g/mol. The Hall–Kier alpha value is -1.35. The molecule has 2 N–H and O–H groups in total. The van der Waals surface area contributed by atoms with Gasteiger partial charge in [0.25, 0.3) is 5.91 Å². The average molecular weight is 179 g/mol. The molecule has 0 saturated heterocycles. The molecule has 0 spiro atoms. The van der Waals surface area contributed by atoms with Gasteiger partial charge in [0, 0.05) is 5.56 Å². The fraction of sp³-hybridized carbons (Fsp3) is 0.300. The second-order valence-electron chi connectivity index (χ2n) is 3.22. The maximum atomic E-state index is 11.0. The van der Waals surface area contributed by atoms with Crippen LogP contribution >= 0.6 is 0 Å². The molecule has 3 nitrogen and oxygen atoms in total. The van der Waals surface area contributed by atoms with E-state index in [1.54, 1.807) is 23.7 Å². The summed E-state index contributed by atoms with van der Waals surface area (Å²) in [5.74, 6) is -0.0889. The van der Waals surface area contributed by atoms with Crippen LogP contribution in [0, 0.1) is 0 Å². The summed E-state index contributed by atoms with van der Waals surface area (Å²) in [4.78, 5) is 11.0. The number of hydrogen-bond donors (Lipinski definition) is 2. The van der Waals surface area contributed by atoms with Gasteiger partial charge in [-0.1, -0.05) is 26.0 Å². The number of hydrogen-bond acceptors (Lipinski definition) is 2. The largest absolute Gasteiger partial charge is 0.288 e. The zero-order chi connectivity index (χ0) is 9.84. The highest BCUT2D eigenvalue weighted by Crippen LogP contribution is 2.15. The minimum absolute atomic E-state index is 0.381.